The van der Waals surface area contributed by atoms with E-state index in [2.05, 4.69) is 10.2 Å². The van der Waals surface area contributed by atoms with Gasteiger partial charge >= 0.3 is 6.18 Å². The molecule has 2 nitrogen and oxygen atoms in total. The molecule has 1 N–H and O–H groups in total. The smallest absolute Gasteiger partial charge is 0.278 e. The lowest BCUT2D eigenvalue weighted by Crippen LogP contribution is -2.05. The van der Waals surface area contributed by atoms with Gasteiger partial charge in [-0.25, -0.2) is 0 Å². The van der Waals surface area contributed by atoms with E-state index in [1.54, 1.807) is 13.1 Å². The van der Waals surface area contributed by atoms with Crippen LogP contribution in [-0.2, 0) is 6.18 Å². The van der Waals surface area contributed by atoms with E-state index < -0.39 is 11.7 Å². The first-order valence-electron chi connectivity index (χ1n) is 6.48. The number of benzene rings is 2. The molecule has 2 aromatic carbocycles. The highest BCUT2D eigenvalue weighted by Gasteiger charge is 2.30. The largest absolute Gasteiger partial charge is 0.416 e. The summed E-state index contributed by atoms with van der Waals surface area (Å²) in [5.41, 5.74) is 3.63. The van der Waals surface area contributed by atoms with Gasteiger partial charge in [-0.2, -0.15) is 18.3 Å². The second-order valence-corrected chi connectivity index (χ2v) is 5.15. The Hall–Kier alpha value is -2.30. The molecular weight excluding hydrogens is 277 g/mol. The summed E-state index contributed by atoms with van der Waals surface area (Å²) in [5, 5.41) is 7.80. The Bertz CT molecular complexity index is 816. The second kappa shape index (κ2) is 4.62. The predicted octanol–water partition coefficient (Wildman–Crippen LogP) is 4.87. The molecule has 0 saturated carbocycles. The minimum atomic E-state index is -4.31. The number of nitrogens with zero attached hydrogens (tertiary/aromatic N) is 1. The van der Waals surface area contributed by atoms with Gasteiger partial charge in [0.25, 0.3) is 0 Å². The molecular formula is C16H13F3N2. The molecule has 0 radical (unpaired) electrons. The maximum Gasteiger partial charge on any atom is 0.416 e. The summed E-state index contributed by atoms with van der Waals surface area (Å²) in [6, 6.07) is 7.75. The van der Waals surface area contributed by atoms with Crippen molar-refractivity contribution in [1.29, 1.82) is 0 Å². The molecule has 0 fully saturated rings. The first-order valence-corrected chi connectivity index (χ1v) is 6.48. The number of halogens is 3. The lowest BCUT2D eigenvalue weighted by atomic mass is 9.94. The maximum absolute atomic E-state index is 12.7. The molecule has 108 valence electrons. The molecule has 3 aromatic rings. The fourth-order valence-corrected chi connectivity index (χ4v) is 2.53. The van der Waals surface area contributed by atoms with E-state index in [0.717, 1.165) is 33.7 Å². The van der Waals surface area contributed by atoms with E-state index in [-0.39, 0.29) is 0 Å². The van der Waals surface area contributed by atoms with Crippen LogP contribution in [0.2, 0.25) is 0 Å². The van der Waals surface area contributed by atoms with Crippen LogP contribution in [0.3, 0.4) is 0 Å². The first kappa shape index (κ1) is 13.7. The number of aromatic nitrogens is 2. The van der Waals surface area contributed by atoms with Crippen LogP contribution < -0.4 is 0 Å². The monoisotopic (exact) mass is 290 g/mol. The number of fused-ring (bicyclic) bond motifs is 1. The summed E-state index contributed by atoms with van der Waals surface area (Å²) in [6.45, 7) is 3.64. The van der Waals surface area contributed by atoms with E-state index in [4.69, 9.17) is 0 Å². The molecule has 0 bridgehead atoms. The van der Waals surface area contributed by atoms with Gasteiger partial charge in [0.2, 0.25) is 0 Å². The number of aryl methyl sites for hydroxylation is 2. The van der Waals surface area contributed by atoms with Crippen molar-refractivity contribution in [2.45, 2.75) is 20.0 Å². The third-order valence-corrected chi connectivity index (χ3v) is 3.63. The minimum Gasteiger partial charge on any atom is -0.278 e. The van der Waals surface area contributed by atoms with Gasteiger partial charge < -0.3 is 0 Å². The van der Waals surface area contributed by atoms with Crippen LogP contribution in [0.15, 0.2) is 36.5 Å². The summed E-state index contributed by atoms with van der Waals surface area (Å²) < 4.78 is 38.2. The molecule has 0 spiro atoms. The Labute approximate surface area is 119 Å². The molecule has 0 amide bonds. The molecule has 1 aromatic heterocycles. The first-order chi connectivity index (χ1) is 9.86. The summed E-state index contributed by atoms with van der Waals surface area (Å²) in [5.74, 6) is 0. The van der Waals surface area contributed by atoms with Crippen molar-refractivity contribution < 1.29 is 13.2 Å². The summed E-state index contributed by atoms with van der Waals surface area (Å²) >= 11 is 0. The molecule has 21 heavy (non-hydrogen) atoms. The van der Waals surface area contributed by atoms with Crippen LogP contribution in [0.4, 0.5) is 13.2 Å². The topological polar surface area (TPSA) is 28.7 Å². The lowest BCUT2D eigenvalue weighted by molar-refractivity contribution is -0.137. The lowest BCUT2D eigenvalue weighted by Gasteiger charge is -2.13. The van der Waals surface area contributed by atoms with E-state index >= 15 is 0 Å². The SMILES string of the molecule is Cc1cc(C(F)(F)F)ccc1-c1cc2cn[nH]c2cc1C. The fourth-order valence-electron chi connectivity index (χ4n) is 2.53. The van der Waals surface area contributed by atoms with Gasteiger partial charge in [0.1, 0.15) is 0 Å². The van der Waals surface area contributed by atoms with E-state index in [1.165, 1.54) is 12.1 Å². The third kappa shape index (κ3) is 2.39. The summed E-state index contributed by atoms with van der Waals surface area (Å²) in [7, 11) is 0. The van der Waals surface area contributed by atoms with Gasteiger partial charge in [-0.15, -0.1) is 0 Å². The van der Waals surface area contributed by atoms with Gasteiger partial charge in [-0.05, 0) is 60.4 Å². The van der Waals surface area contributed by atoms with Crippen LogP contribution in [0.25, 0.3) is 22.0 Å². The van der Waals surface area contributed by atoms with Crippen LogP contribution in [-0.4, -0.2) is 10.2 Å². The Balaban J connectivity index is 2.16. The Morgan fingerprint density at radius 1 is 0.952 bits per heavy atom. The number of alkyl halides is 3. The van der Waals surface area contributed by atoms with Crippen molar-refractivity contribution in [3.8, 4) is 11.1 Å². The zero-order chi connectivity index (χ0) is 15.2. The van der Waals surface area contributed by atoms with Crippen LogP contribution in [0.5, 0.6) is 0 Å². The van der Waals surface area contributed by atoms with Crippen molar-refractivity contribution in [3.05, 3.63) is 53.2 Å². The molecule has 1 heterocycles. The number of H-pyrrole nitrogens is 1. The normalized spacial score (nSPS) is 12.0. The second-order valence-electron chi connectivity index (χ2n) is 5.15. The van der Waals surface area contributed by atoms with Crippen LogP contribution in [0.1, 0.15) is 16.7 Å². The van der Waals surface area contributed by atoms with Crippen molar-refractivity contribution in [2.75, 3.05) is 0 Å². The van der Waals surface area contributed by atoms with Crippen molar-refractivity contribution >= 4 is 10.9 Å². The zero-order valence-electron chi connectivity index (χ0n) is 11.5. The quantitative estimate of drug-likeness (QED) is 0.681. The van der Waals surface area contributed by atoms with Crippen molar-refractivity contribution in [3.63, 3.8) is 0 Å². The molecule has 0 saturated heterocycles. The van der Waals surface area contributed by atoms with Crippen LogP contribution >= 0.6 is 0 Å². The summed E-state index contributed by atoms with van der Waals surface area (Å²) in [4.78, 5) is 0. The van der Waals surface area contributed by atoms with E-state index in [1.807, 2.05) is 19.1 Å². The molecule has 0 aliphatic heterocycles. The number of hydrogen-bond acceptors (Lipinski definition) is 1. The van der Waals surface area contributed by atoms with E-state index in [9.17, 15) is 13.2 Å². The highest BCUT2D eigenvalue weighted by atomic mass is 19.4. The average molecular weight is 290 g/mol. The summed E-state index contributed by atoms with van der Waals surface area (Å²) in [6.07, 6.45) is -2.61. The van der Waals surface area contributed by atoms with Crippen molar-refractivity contribution in [2.24, 2.45) is 0 Å². The van der Waals surface area contributed by atoms with Crippen LogP contribution in [0, 0.1) is 13.8 Å². The molecule has 5 heteroatoms. The van der Waals surface area contributed by atoms with Gasteiger partial charge in [0, 0.05) is 5.39 Å². The van der Waals surface area contributed by atoms with E-state index in [0.29, 0.717) is 5.56 Å². The fraction of sp³-hybridized carbons (Fsp3) is 0.188. The zero-order valence-corrected chi connectivity index (χ0v) is 11.5. The number of aromatic amines is 1. The third-order valence-electron chi connectivity index (χ3n) is 3.63. The van der Waals surface area contributed by atoms with Gasteiger partial charge in [-0.3, -0.25) is 5.10 Å². The number of hydrogen-bond donors (Lipinski definition) is 1. The highest BCUT2D eigenvalue weighted by Crippen LogP contribution is 2.35. The van der Waals surface area contributed by atoms with Gasteiger partial charge in [-0.1, -0.05) is 6.07 Å². The maximum atomic E-state index is 12.7. The Morgan fingerprint density at radius 2 is 1.67 bits per heavy atom. The molecule has 0 unspecified atom stereocenters. The Morgan fingerprint density at radius 3 is 2.33 bits per heavy atom. The van der Waals surface area contributed by atoms with Gasteiger partial charge in [0.15, 0.2) is 0 Å². The highest BCUT2D eigenvalue weighted by molar-refractivity contribution is 5.86. The molecule has 0 aliphatic rings. The standard InChI is InChI=1S/C16H13F3N2/c1-9-5-12(16(17,18)19)3-4-13(9)14-7-11-8-20-21-15(11)6-10(14)2/h3-8H,1-2H3,(H,20,21). The Kier molecular flexibility index (Phi) is 3.01. The molecule has 3 rings (SSSR count). The van der Waals surface area contributed by atoms with Crippen molar-refractivity contribution in [1.82, 2.24) is 10.2 Å². The molecule has 0 aliphatic carbocycles. The average Bonchev–Trinajstić information content (AvgIpc) is 2.84. The minimum absolute atomic E-state index is 0.607. The number of nitrogens with one attached hydrogen (secondary N) is 1. The number of rotatable bonds is 1. The predicted molar refractivity (Wildman–Crippen MR) is 76.0 cm³/mol. The molecule has 0 atom stereocenters. The van der Waals surface area contributed by atoms with Gasteiger partial charge in [0.05, 0.1) is 17.3 Å².